The zero-order chi connectivity index (χ0) is 22.6. The highest BCUT2D eigenvalue weighted by molar-refractivity contribution is 5.89. The van der Waals surface area contributed by atoms with Gasteiger partial charge in [0.25, 0.3) is 0 Å². The van der Waals surface area contributed by atoms with Gasteiger partial charge in [-0.05, 0) is 63.6 Å². The molecule has 4 heterocycles. The van der Waals surface area contributed by atoms with E-state index in [2.05, 4.69) is 14.9 Å². The highest BCUT2D eigenvalue weighted by atomic mass is 19.1. The molecule has 9 heteroatoms. The van der Waals surface area contributed by atoms with Crippen LogP contribution in [-0.4, -0.2) is 56.7 Å². The number of aromatic nitrogens is 3. The monoisotopic (exact) mass is 436 g/mol. The standard InChI is InChI=1S/C23H25FN6O2/c1-23(2,3)32-22(31)30-12-15-10-16(30)11-29(15)20-19-18(27-21(25)28-20)9-8-17(26-19)13-4-6-14(24)7-5-13/h4-9,15-16H,10-12H2,1-3H3,(H2,25,27,28)/t15-,16-/m0/s1. The number of rotatable bonds is 2. The molecule has 0 spiro atoms. The van der Waals surface area contributed by atoms with Crippen LogP contribution in [0.5, 0.6) is 0 Å². The summed E-state index contributed by atoms with van der Waals surface area (Å²) < 4.78 is 18.9. The van der Waals surface area contributed by atoms with Crippen molar-refractivity contribution in [2.45, 2.75) is 44.9 Å². The molecule has 0 unspecified atom stereocenters. The third kappa shape index (κ3) is 3.68. The third-order valence-corrected chi connectivity index (χ3v) is 5.82. The molecule has 2 N–H and O–H groups in total. The zero-order valence-electron chi connectivity index (χ0n) is 18.2. The second kappa shape index (κ2) is 7.29. The number of fused-ring (bicyclic) bond motifs is 3. The minimum Gasteiger partial charge on any atom is -0.444 e. The first-order valence-corrected chi connectivity index (χ1v) is 10.6. The Bertz CT molecular complexity index is 1190. The normalized spacial score (nSPS) is 20.2. The average Bonchev–Trinajstić information content (AvgIpc) is 3.33. The van der Waals surface area contributed by atoms with Crippen molar-refractivity contribution in [2.75, 3.05) is 23.7 Å². The van der Waals surface area contributed by atoms with Crippen LogP contribution < -0.4 is 10.6 Å². The number of nitrogens with two attached hydrogens (primary N) is 1. The molecule has 1 amide bonds. The Morgan fingerprint density at radius 1 is 1.06 bits per heavy atom. The van der Waals surface area contributed by atoms with Gasteiger partial charge in [0.15, 0.2) is 5.82 Å². The van der Waals surface area contributed by atoms with Gasteiger partial charge >= 0.3 is 6.09 Å². The topological polar surface area (TPSA) is 97.5 Å². The van der Waals surface area contributed by atoms with Crippen LogP contribution in [0.3, 0.4) is 0 Å². The number of benzene rings is 1. The van der Waals surface area contributed by atoms with E-state index in [1.54, 1.807) is 17.0 Å². The number of nitrogens with zero attached hydrogens (tertiary/aromatic N) is 5. The molecule has 5 rings (SSSR count). The molecule has 2 saturated heterocycles. The lowest BCUT2D eigenvalue weighted by atomic mass is 10.1. The van der Waals surface area contributed by atoms with Crippen LogP contribution in [0.4, 0.5) is 21.0 Å². The predicted molar refractivity (Wildman–Crippen MR) is 120 cm³/mol. The quantitative estimate of drug-likeness (QED) is 0.655. The molecule has 0 radical (unpaired) electrons. The van der Waals surface area contributed by atoms with Gasteiger partial charge in [-0.1, -0.05) is 0 Å². The molecule has 2 atom stereocenters. The number of hydrogen-bond donors (Lipinski definition) is 1. The summed E-state index contributed by atoms with van der Waals surface area (Å²) in [6.45, 7) is 6.78. The van der Waals surface area contributed by atoms with Crippen molar-refractivity contribution in [1.82, 2.24) is 19.9 Å². The number of pyridine rings is 1. The van der Waals surface area contributed by atoms with Gasteiger partial charge in [0, 0.05) is 18.7 Å². The van der Waals surface area contributed by atoms with Crippen LogP contribution in [0.2, 0.25) is 0 Å². The minimum atomic E-state index is -0.531. The Labute approximate surface area is 185 Å². The van der Waals surface area contributed by atoms with Crippen LogP contribution in [-0.2, 0) is 4.74 Å². The molecule has 166 valence electrons. The first-order chi connectivity index (χ1) is 15.2. The predicted octanol–water partition coefficient (Wildman–Crippen LogP) is 3.61. The highest BCUT2D eigenvalue weighted by Gasteiger charge is 2.47. The lowest BCUT2D eigenvalue weighted by Crippen LogP contribution is -2.50. The van der Waals surface area contributed by atoms with Gasteiger partial charge in [0.2, 0.25) is 5.95 Å². The van der Waals surface area contributed by atoms with E-state index >= 15 is 0 Å². The third-order valence-electron chi connectivity index (χ3n) is 5.82. The molecule has 2 bridgehead atoms. The highest BCUT2D eigenvalue weighted by Crippen LogP contribution is 2.37. The molecule has 8 nitrogen and oxygen atoms in total. The van der Waals surface area contributed by atoms with Crippen molar-refractivity contribution in [3.63, 3.8) is 0 Å². The van der Waals surface area contributed by atoms with Gasteiger partial charge < -0.3 is 20.3 Å². The van der Waals surface area contributed by atoms with E-state index in [4.69, 9.17) is 15.5 Å². The van der Waals surface area contributed by atoms with Crippen LogP contribution in [0.1, 0.15) is 27.2 Å². The minimum absolute atomic E-state index is 0.0429. The lowest BCUT2D eigenvalue weighted by Gasteiger charge is -2.35. The maximum absolute atomic E-state index is 13.3. The van der Waals surface area contributed by atoms with Crippen LogP contribution in [0, 0.1) is 5.82 Å². The molecule has 3 aromatic rings. The summed E-state index contributed by atoms with van der Waals surface area (Å²) in [6, 6.07) is 10.0. The zero-order valence-corrected chi connectivity index (χ0v) is 18.2. The van der Waals surface area contributed by atoms with Gasteiger partial charge in [-0.2, -0.15) is 4.98 Å². The second-order valence-corrected chi connectivity index (χ2v) is 9.30. The van der Waals surface area contributed by atoms with Crippen molar-refractivity contribution < 1.29 is 13.9 Å². The van der Waals surface area contributed by atoms with Crippen molar-refractivity contribution in [3.05, 3.63) is 42.2 Å². The summed E-state index contributed by atoms with van der Waals surface area (Å²) >= 11 is 0. The lowest BCUT2D eigenvalue weighted by molar-refractivity contribution is 0.0214. The number of halogens is 1. The number of amides is 1. The first kappa shape index (κ1) is 20.4. The summed E-state index contributed by atoms with van der Waals surface area (Å²) in [5.74, 6) is 0.539. The first-order valence-electron chi connectivity index (χ1n) is 10.6. The van der Waals surface area contributed by atoms with Crippen molar-refractivity contribution >= 4 is 28.9 Å². The number of carbonyl (C=O) groups excluding carboxylic acids is 1. The van der Waals surface area contributed by atoms with Crippen molar-refractivity contribution in [1.29, 1.82) is 0 Å². The molecular weight excluding hydrogens is 411 g/mol. The SMILES string of the molecule is CC(C)(C)OC(=O)N1C[C@@H]2C[C@H]1CN2c1nc(N)nc2ccc(-c3ccc(F)cc3)nc12. The molecule has 2 aromatic heterocycles. The molecule has 2 fully saturated rings. The van der Waals surface area contributed by atoms with Crippen molar-refractivity contribution in [3.8, 4) is 11.3 Å². The summed E-state index contributed by atoms with van der Waals surface area (Å²) in [4.78, 5) is 30.2. The number of piperazine rings is 1. The fourth-order valence-corrected chi connectivity index (χ4v) is 4.47. The summed E-state index contributed by atoms with van der Waals surface area (Å²) in [5.41, 5.74) is 8.25. The molecule has 0 aliphatic carbocycles. The molecule has 32 heavy (non-hydrogen) atoms. The van der Waals surface area contributed by atoms with E-state index in [-0.39, 0.29) is 29.9 Å². The van der Waals surface area contributed by atoms with Crippen LogP contribution >= 0.6 is 0 Å². The Balaban J connectivity index is 1.47. The van der Waals surface area contributed by atoms with E-state index in [0.29, 0.717) is 35.6 Å². The molecular formula is C23H25FN6O2. The van der Waals surface area contributed by atoms with Crippen LogP contribution in [0.25, 0.3) is 22.3 Å². The van der Waals surface area contributed by atoms with E-state index in [1.807, 2.05) is 32.9 Å². The molecule has 0 saturated carbocycles. The van der Waals surface area contributed by atoms with Gasteiger partial charge in [0.1, 0.15) is 16.9 Å². The summed E-state index contributed by atoms with van der Waals surface area (Å²) in [7, 11) is 0. The fraction of sp³-hybridized carbons (Fsp3) is 0.391. The van der Waals surface area contributed by atoms with Gasteiger partial charge in [-0.3, -0.25) is 0 Å². The number of likely N-dealkylation sites (tertiary alicyclic amines) is 1. The van der Waals surface area contributed by atoms with E-state index in [9.17, 15) is 9.18 Å². The van der Waals surface area contributed by atoms with Crippen LogP contribution in [0.15, 0.2) is 36.4 Å². The van der Waals surface area contributed by atoms with Crippen molar-refractivity contribution in [2.24, 2.45) is 0 Å². The number of carbonyl (C=O) groups is 1. The van der Waals surface area contributed by atoms with Gasteiger partial charge in [-0.15, -0.1) is 0 Å². The Kier molecular flexibility index (Phi) is 4.65. The number of nitrogen functional groups attached to an aromatic ring is 1. The maximum atomic E-state index is 13.3. The molecule has 2 aliphatic heterocycles. The average molecular weight is 436 g/mol. The summed E-state index contributed by atoms with van der Waals surface area (Å²) in [5, 5.41) is 0. The van der Waals surface area contributed by atoms with Gasteiger partial charge in [0.05, 0.1) is 23.3 Å². The number of ether oxygens (including phenoxy) is 1. The number of hydrogen-bond acceptors (Lipinski definition) is 7. The Hall–Kier alpha value is -3.49. The smallest absolute Gasteiger partial charge is 0.410 e. The largest absolute Gasteiger partial charge is 0.444 e. The Morgan fingerprint density at radius 2 is 1.81 bits per heavy atom. The van der Waals surface area contributed by atoms with E-state index in [0.717, 1.165) is 12.0 Å². The maximum Gasteiger partial charge on any atom is 0.410 e. The Morgan fingerprint density at radius 3 is 2.47 bits per heavy atom. The number of anilines is 2. The van der Waals surface area contributed by atoms with E-state index < -0.39 is 5.60 Å². The molecule has 1 aromatic carbocycles. The van der Waals surface area contributed by atoms with E-state index in [1.165, 1.54) is 12.1 Å². The second-order valence-electron chi connectivity index (χ2n) is 9.30. The van der Waals surface area contributed by atoms with Gasteiger partial charge in [-0.25, -0.2) is 19.2 Å². The molecule has 2 aliphatic rings. The summed E-state index contributed by atoms with van der Waals surface area (Å²) in [6.07, 6.45) is 0.552. The fourth-order valence-electron chi connectivity index (χ4n) is 4.47.